The Morgan fingerprint density at radius 3 is 2.80 bits per heavy atom. The van der Waals surface area contributed by atoms with E-state index in [1.54, 1.807) is 12.1 Å². The molecule has 1 fully saturated rings. The van der Waals surface area contributed by atoms with E-state index in [2.05, 4.69) is 0 Å². The first kappa shape index (κ1) is 13.0. The molecule has 0 aromatic heterocycles. The summed E-state index contributed by atoms with van der Waals surface area (Å²) in [6.07, 6.45) is 3.03. The lowest BCUT2D eigenvalue weighted by Crippen LogP contribution is -2.38. The number of carbonyl (C=O) groups excluding carboxylic acids is 1. The summed E-state index contributed by atoms with van der Waals surface area (Å²) in [7, 11) is 1.87. The Morgan fingerprint density at radius 1 is 1.40 bits per heavy atom. The largest absolute Gasteiger partial charge is 0.478 e. The Labute approximate surface area is 117 Å². The summed E-state index contributed by atoms with van der Waals surface area (Å²) in [6, 6.07) is 5.57. The number of carboxylic acids is 1. The zero-order valence-corrected chi connectivity index (χ0v) is 11.5. The molecule has 5 nitrogen and oxygen atoms in total. The first-order valence-electron chi connectivity index (χ1n) is 6.93. The fraction of sp³-hybridized carbons (Fsp3) is 0.467. The number of anilines is 1. The molecule has 1 aromatic rings. The van der Waals surface area contributed by atoms with Crippen molar-refractivity contribution in [2.45, 2.75) is 25.3 Å². The fourth-order valence-corrected chi connectivity index (χ4v) is 2.71. The SMILES string of the molecule is CN(C(=O)CN1CCc2cc(C(=O)O)ccc21)C1CC1. The van der Waals surface area contributed by atoms with Gasteiger partial charge >= 0.3 is 5.97 Å². The van der Waals surface area contributed by atoms with E-state index in [0.29, 0.717) is 18.2 Å². The van der Waals surface area contributed by atoms with Crippen LogP contribution in [0.2, 0.25) is 0 Å². The molecule has 2 aliphatic rings. The zero-order chi connectivity index (χ0) is 14.3. The number of aromatic carboxylic acids is 1. The van der Waals surface area contributed by atoms with Crippen molar-refractivity contribution in [3.05, 3.63) is 29.3 Å². The third kappa shape index (κ3) is 2.35. The third-order valence-electron chi connectivity index (χ3n) is 4.13. The van der Waals surface area contributed by atoms with Gasteiger partial charge < -0.3 is 14.9 Å². The number of carboxylic acid groups (broad SMARTS) is 1. The first-order chi connectivity index (χ1) is 9.56. The lowest BCUT2D eigenvalue weighted by Gasteiger charge is -2.23. The minimum Gasteiger partial charge on any atom is -0.478 e. The minimum absolute atomic E-state index is 0.141. The Bertz CT molecular complexity index is 566. The normalized spacial score (nSPS) is 16.9. The molecule has 1 aliphatic carbocycles. The van der Waals surface area contributed by atoms with Gasteiger partial charge in [0.2, 0.25) is 5.91 Å². The second kappa shape index (κ2) is 4.81. The molecule has 1 amide bonds. The number of benzene rings is 1. The van der Waals surface area contributed by atoms with Crippen LogP contribution in [0.15, 0.2) is 18.2 Å². The molecule has 3 rings (SSSR count). The van der Waals surface area contributed by atoms with Crippen LogP contribution in [0.25, 0.3) is 0 Å². The average Bonchev–Trinajstić information content (AvgIpc) is 3.20. The highest BCUT2D eigenvalue weighted by Gasteiger charge is 2.31. The first-order valence-corrected chi connectivity index (χ1v) is 6.93. The molecule has 106 valence electrons. The highest BCUT2D eigenvalue weighted by Crippen LogP contribution is 2.30. The summed E-state index contributed by atoms with van der Waals surface area (Å²) in [4.78, 5) is 27.0. The molecule has 1 heterocycles. The van der Waals surface area contributed by atoms with Gasteiger partial charge in [-0.3, -0.25) is 4.79 Å². The van der Waals surface area contributed by atoms with Crippen LogP contribution in [0.5, 0.6) is 0 Å². The van der Waals surface area contributed by atoms with Gasteiger partial charge in [-0.15, -0.1) is 0 Å². The summed E-state index contributed by atoms with van der Waals surface area (Å²) in [6.45, 7) is 1.16. The Kier molecular flexibility index (Phi) is 3.12. The molecular formula is C15H18N2O3. The topological polar surface area (TPSA) is 60.9 Å². The molecule has 0 saturated heterocycles. The van der Waals surface area contributed by atoms with Crippen molar-refractivity contribution in [3.8, 4) is 0 Å². The van der Waals surface area contributed by atoms with Crippen LogP contribution in [-0.4, -0.2) is 48.1 Å². The number of fused-ring (bicyclic) bond motifs is 1. The molecule has 1 aliphatic heterocycles. The van der Waals surface area contributed by atoms with Crippen molar-refractivity contribution < 1.29 is 14.7 Å². The summed E-state index contributed by atoms with van der Waals surface area (Å²) < 4.78 is 0. The predicted octanol–water partition coefficient (Wildman–Crippen LogP) is 1.37. The van der Waals surface area contributed by atoms with E-state index in [1.165, 1.54) is 0 Å². The lowest BCUT2D eigenvalue weighted by atomic mass is 10.1. The predicted molar refractivity (Wildman–Crippen MR) is 75.1 cm³/mol. The third-order valence-corrected chi connectivity index (χ3v) is 4.13. The van der Waals surface area contributed by atoms with Gasteiger partial charge in [-0.2, -0.15) is 0 Å². The second-order valence-corrected chi connectivity index (χ2v) is 5.56. The van der Waals surface area contributed by atoms with E-state index in [-0.39, 0.29) is 5.91 Å². The van der Waals surface area contributed by atoms with E-state index in [1.807, 2.05) is 22.9 Å². The van der Waals surface area contributed by atoms with Gasteiger partial charge in [0.25, 0.3) is 0 Å². The van der Waals surface area contributed by atoms with Gasteiger partial charge in [-0.25, -0.2) is 4.79 Å². The van der Waals surface area contributed by atoms with Crippen LogP contribution in [0.3, 0.4) is 0 Å². The number of amides is 1. The van der Waals surface area contributed by atoms with Crippen LogP contribution in [-0.2, 0) is 11.2 Å². The molecule has 1 saturated carbocycles. The summed E-state index contributed by atoms with van der Waals surface area (Å²) in [5, 5.41) is 8.99. The molecule has 0 spiro atoms. The number of nitrogens with zero attached hydrogens (tertiary/aromatic N) is 2. The van der Waals surface area contributed by atoms with Crippen molar-refractivity contribution in [2.75, 3.05) is 25.0 Å². The van der Waals surface area contributed by atoms with Gasteiger partial charge in [-0.05, 0) is 43.0 Å². The van der Waals surface area contributed by atoms with Crippen LogP contribution < -0.4 is 4.90 Å². The zero-order valence-electron chi connectivity index (χ0n) is 11.5. The standard InChI is InChI=1S/C15H18N2O3/c1-16(12-3-4-12)14(18)9-17-7-6-10-8-11(15(19)20)2-5-13(10)17/h2,5,8,12H,3-4,6-7,9H2,1H3,(H,19,20). The van der Waals surface area contributed by atoms with Crippen LogP contribution in [0.4, 0.5) is 5.69 Å². The molecule has 20 heavy (non-hydrogen) atoms. The molecule has 0 atom stereocenters. The number of carbonyl (C=O) groups is 2. The highest BCUT2D eigenvalue weighted by molar-refractivity contribution is 5.89. The van der Waals surface area contributed by atoms with Gasteiger partial charge in [0.05, 0.1) is 12.1 Å². The van der Waals surface area contributed by atoms with E-state index in [9.17, 15) is 9.59 Å². The molecule has 0 unspecified atom stereocenters. The Balaban J connectivity index is 1.72. The monoisotopic (exact) mass is 274 g/mol. The van der Waals surface area contributed by atoms with E-state index in [0.717, 1.165) is 37.1 Å². The maximum Gasteiger partial charge on any atom is 0.335 e. The summed E-state index contributed by atoms with van der Waals surface area (Å²) in [5.41, 5.74) is 2.33. The van der Waals surface area contributed by atoms with Crippen LogP contribution in [0, 0.1) is 0 Å². The Hall–Kier alpha value is -2.04. The van der Waals surface area contributed by atoms with E-state index < -0.39 is 5.97 Å². The smallest absolute Gasteiger partial charge is 0.335 e. The number of likely N-dealkylation sites (N-methyl/N-ethyl adjacent to an activating group) is 1. The number of rotatable bonds is 4. The summed E-state index contributed by atoms with van der Waals surface area (Å²) in [5.74, 6) is -0.765. The molecule has 5 heteroatoms. The maximum absolute atomic E-state index is 12.2. The molecule has 1 aromatic carbocycles. The minimum atomic E-state index is -0.907. The molecule has 1 N–H and O–H groups in total. The van der Waals surface area contributed by atoms with Crippen molar-refractivity contribution in [1.29, 1.82) is 0 Å². The van der Waals surface area contributed by atoms with Gasteiger partial charge in [0.15, 0.2) is 0 Å². The fourth-order valence-electron chi connectivity index (χ4n) is 2.71. The average molecular weight is 274 g/mol. The van der Waals surface area contributed by atoms with Gasteiger partial charge in [0.1, 0.15) is 0 Å². The van der Waals surface area contributed by atoms with Crippen molar-refractivity contribution >= 4 is 17.6 Å². The van der Waals surface area contributed by atoms with Crippen LogP contribution >= 0.6 is 0 Å². The van der Waals surface area contributed by atoms with Gasteiger partial charge in [-0.1, -0.05) is 0 Å². The quantitative estimate of drug-likeness (QED) is 0.900. The summed E-state index contributed by atoms with van der Waals surface area (Å²) >= 11 is 0. The second-order valence-electron chi connectivity index (χ2n) is 5.56. The highest BCUT2D eigenvalue weighted by atomic mass is 16.4. The molecular weight excluding hydrogens is 256 g/mol. The number of hydrogen-bond donors (Lipinski definition) is 1. The number of hydrogen-bond acceptors (Lipinski definition) is 3. The van der Waals surface area contributed by atoms with Gasteiger partial charge in [0, 0.05) is 25.3 Å². The van der Waals surface area contributed by atoms with Crippen molar-refractivity contribution in [3.63, 3.8) is 0 Å². The molecule has 0 bridgehead atoms. The lowest BCUT2D eigenvalue weighted by molar-refractivity contribution is -0.128. The van der Waals surface area contributed by atoms with Crippen LogP contribution in [0.1, 0.15) is 28.8 Å². The molecule has 0 radical (unpaired) electrons. The van der Waals surface area contributed by atoms with Crippen molar-refractivity contribution in [1.82, 2.24) is 4.90 Å². The van der Waals surface area contributed by atoms with E-state index >= 15 is 0 Å². The Morgan fingerprint density at radius 2 is 2.15 bits per heavy atom. The van der Waals surface area contributed by atoms with Crippen molar-refractivity contribution in [2.24, 2.45) is 0 Å². The van der Waals surface area contributed by atoms with E-state index in [4.69, 9.17) is 5.11 Å². The maximum atomic E-state index is 12.2.